The number of carbonyl (C=O) groups excluding carboxylic acids is 1. The normalized spacial score (nSPS) is 10.5. The SMILES string of the molecule is C=C(C)C(=O)Nc1cccc(-c2ccnc3[nH]ccc23)c1. The Morgan fingerprint density at radius 3 is 2.95 bits per heavy atom. The van der Waals surface area contributed by atoms with Gasteiger partial charge in [0.1, 0.15) is 5.65 Å². The third-order valence-electron chi connectivity index (χ3n) is 3.28. The number of nitrogens with one attached hydrogen (secondary N) is 2. The van der Waals surface area contributed by atoms with Crippen molar-refractivity contribution in [1.29, 1.82) is 0 Å². The van der Waals surface area contributed by atoms with Crippen molar-refractivity contribution >= 4 is 22.6 Å². The van der Waals surface area contributed by atoms with Gasteiger partial charge in [0.15, 0.2) is 0 Å². The molecule has 0 saturated heterocycles. The molecule has 21 heavy (non-hydrogen) atoms. The summed E-state index contributed by atoms with van der Waals surface area (Å²) < 4.78 is 0. The van der Waals surface area contributed by atoms with E-state index < -0.39 is 0 Å². The van der Waals surface area contributed by atoms with Crippen LogP contribution in [0, 0.1) is 0 Å². The minimum atomic E-state index is -0.173. The summed E-state index contributed by atoms with van der Waals surface area (Å²) in [6.45, 7) is 5.33. The van der Waals surface area contributed by atoms with Gasteiger partial charge in [-0.1, -0.05) is 18.7 Å². The molecular formula is C17H15N3O. The Labute approximate surface area is 122 Å². The molecule has 2 aromatic heterocycles. The van der Waals surface area contributed by atoms with Crippen LogP contribution in [0.2, 0.25) is 0 Å². The molecule has 0 aliphatic carbocycles. The molecule has 0 spiro atoms. The van der Waals surface area contributed by atoms with Crippen molar-refractivity contribution in [2.75, 3.05) is 5.32 Å². The van der Waals surface area contributed by atoms with Gasteiger partial charge in [-0.25, -0.2) is 4.98 Å². The first-order valence-electron chi connectivity index (χ1n) is 6.64. The first-order chi connectivity index (χ1) is 10.1. The van der Waals surface area contributed by atoms with E-state index in [2.05, 4.69) is 21.9 Å². The standard InChI is InChI=1S/C17H15N3O/c1-11(2)17(21)20-13-5-3-4-12(10-13)14-6-8-18-16-15(14)7-9-19-16/h3-10H,1H2,2H3,(H,18,19)(H,20,21). The largest absolute Gasteiger partial charge is 0.346 e. The Hall–Kier alpha value is -2.88. The molecule has 0 saturated carbocycles. The van der Waals surface area contributed by atoms with Crippen molar-refractivity contribution in [3.63, 3.8) is 0 Å². The Bertz CT molecular complexity index is 833. The maximum atomic E-state index is 11.7. The van der Waals surface area contributed by atoms with Crippen molar-refractivity contribution in [2.24, 2.45) is 0 Å². The average Bonchev–Trinajstić information content (AvgIpc) is 2.95. The molecule has 0 fully saturated rings. The van der Waals surface area contributed by atoms with E-state index in [0.29, 0.717) is 5.57 Å². The number of rotatable bonds is 3. The lowest BCUT2D eigenvalue weighted by molar-refractivity contribution is -0.112. The third-order valence-corrected chi connectivity index (χ3v) is 3.28. The number of nitrogens with zero attached hydrogens (tertiary/aromatic N) is 1. The lowest BCUT2D eigenvalue weighted by atomic mass is 10.0. The average molecular weight is 277 g/mol. The number of pyridine rings is 1. The fraction of sp³-hybridized carbons (Fsp3) is 0.0588. The van der Waals surface area contributed by atoms with Crippen LogP contribution in [0.3, 0.4) is 0 Å². The zero-order valence-electron chi connectivity index (χ0n) is 11.7. The number of aromatic nitrogens is 2. The van der Waals surface area contributed by atoms with Crippen molar-refractivity contribution < 1.29 is 4.79 Å². The van der Waals surface area contributed by atoms with Crippen LogP contribution < -0.4 is 5.32 Å². The molecule has 0 aliphatic heterocycles. The van der Waals surface area contributed by atoms with Crippen molar-refractivity contribution in [3.05, 3.63) is 60.9 Å². The molecule has 0 radical (unpaired) electrons. The molecule has 3 rings (SSSR count). The molecular weight excluding hydrogens is 262 g/mol. The van der Waals surface area contributed by atoms with Crippen LogP contribution in [0.4, 0.5) is 5.69 Å². The third kappa shape index (κ3) is 2.56. The van der Waals surface area contributed by atoms with E-state index in [4.69, 9.17) is 0 Å². The molecule has 1 aromatic carbocycles. The summed E-state index contributed by atoms with van der Waals surface area (Å²) in [5, 5.41) is 3.89. The molecule has 0 bridgehead atoms. The van der Waals surface area contributed by atoms with Gasteiger partial charge in [0.25, 0.3) is 5.91 Å². The number of amides is 1. The number of carbonyl (C=O) groups is 1. The predicted octanol–water partition coefficient (Wildman–Crippen LogP) is 3.74. The number of benzene rings is 1. The van der Waals surface area contributed by atoms with Gasteiger partial charge >= 0.3 is 0 Å². The summed E-state index contributed by atoms with van der Waals surface area (Å²) in [4.78, 5) is 19.1. The molecule has 3 aromatic rings. The Kier molecular flexibility index (Phi) is 3.28. The van der Waals surface area contributed by atoms with E-state index in [1.54, 1.807) is 13.1 Å². The van der Waals surface area contributed by atoms with E-state index >= 15 is 0 Å². The summed E-state index contributed by atoms with van der Waals surface area (Å²) in [5.74, 6) is -0.173. The number of hydrogen-bond acceptors (Lipinski definition) is 2. The first kappa shape index (κ1) is 13.1. The van der Waals surface area contributed by atoms with Crippen molar-refractivity contribution in [2.45, 2.75) is 6.92 Å². The minimum absolute atomic E-state index is 0.173. The minimum Gasteiger partial charge on any atom is -0.346 e. The molecule has 0 unspecified atom stereocenters. The van der Waals surface area contributed by atoms with Gasteiger partial charge in [0, 0.05) is 29.0 Å². The molecule has 4 heteroatoms. The number of fused-ring (bicyclic) bond motifs is 1. The Balaban J connectivity index is 2.02. The van der Waals surface area contributed by atoms with Gasteiger partial charge in [-0.2, -0.15) is 0 Å². The fourth-order valence-electron chi connectivity index (χ4n) is 2.21. The maximum Gasteiger partial charge on any atom is 0.250 e. The molecule has 0 aliphatic rings. The van der Waals surface area contributed by atoms with E-state index in [0.717, 1.165) is 27.8 Å². The number of hydrogen-bond donors (Lipinski definition) is 2. The van der Waals surface area contributed by atoms with Crippen LogP contribution in [0.5, 0.6) is 0 Å². The summed E-state index contributed by atoms with van der Waals surface area (Å²) >= 11 is 0. The van der Waals surface area contributed by atoms with Gasteiger partial charge < -0.3 is 10.3 Å². The van der Waals surface area contributed by atoms with E-state index in [-0.39, 0.29) is 5.91 Å². The lowest BCUT2D eigenvalue weighted by Gasteiger charge is -2.08. The summed E-state index contributed by atoms with van der Waals surface area (Å²) in [7, 11) is 0. The smallest absolute Gasteiger partial charge is 0.250 e. The summed E-state index contributed by atoms with van der Waals surface area (Å²) in [5.41, 5.74) is 4.19. The van der Waals surface area contributed by atoms with Crippen LogP contribution in [-0.4, -0.2) is 15.9 Å². The molecule has 104 valence electrons. The van der Waals surface area contributed by atoms with E-state index in [1.807, 2.05) is 42.6 Å². The second kappa shape index (κ2) is 5.25. The first-order valence-corrected chi connectivity index (χ1v) is 6.64. The topological polar surface area (TPSA) is 57.8 Å². The maximum absolute atomic E-state index is 11.7. The van der Waals surface area contributed by atoms with Crippen molar-refractivity contribution in [1.82, 2.24) is 9.97 Å². The highest BCUT2D eigenvalue weighted by molar-refractivity contribution is 6.03. The number of H-pyrrole nitrogens is 1. The van der Waals surface area contributed by atoms with Crippen molar-refractivity contribution in [3.8, 4) is 11.1 Å². The number of anilines is 1. The fourth-order valence-corrected chi connectivity index (χ4v) is 2.21. The van der Waals surface area contributed by atoms with Gasteiger partial charge in [0.2, 0.25) is 0 Å². The van der Waals surface area contributed by atoms with Gasteiger partial charge in [-0.3, -0.25) is 4.79 Å². The highest BCUT2D eigenvalue weighted by atomic mass is 16.1. The molecule has 4 nitrogen and oxygen atoms in total. The van der Waals surface area contributed by atoms with Gasteiger partial charge in [-0.15, -0.1) is 0 Å². The summed E-state index contributed by atoms with van der Waals surface area (Å²) in [6.07, 6.45) is 3.64. The van der Waals surface area contributed by atoms with Crippen LogP contribution in [0.1, 0.15) is 6.92 Å². The van der Waals surface area contributed by atoms with Crippen LogP contribution in [0.25, 0.3) is 22.2 Å². The van der Waals surface area contributed by atoms with Gasteiger partial charge in [-0.05, 0) is 42.3 Å². The monoisotopic (exact) mass is 277 g/mol. The second-order valence-electron chi connectivity index (χ2n) is 4.91. The lowest BCUT2D eigenvalue weighted by Crippen LogP contribution is -2.11. The Morgan fingerprint density at radius 1 is 1.29 bits per heavy atom. The molecule has 1 amide bonds. The zero-order valence-corrected chi connectivity index (χ0v) is 11.7. The quantitative estimate of drug-likeness (QED) is 0.716. The van der Waals surface area contributed by atoms with E-state index in [9.17, 15) is 4.79 Å². The summed E-state index contributed by atoms with van der Waals surface area (Å²) in [6, 6.07) is 11.7. The zero-order chi connectivity index (χ0) is 14.8. The highest BCUT2D eigenvalue weighted by Crippen LogP contribution is 2.28. The molecule has 0 atom stereocenters. The highest BCUT2D eigenvalue weighted by Gasteiger charge is 2.07. The molecule has 2 N–H and O–H groups in total. The van der Waals surface area contributed by atoms with Crippen LogP contribution in [0.15, 0.2) is 60.9 Å². The number of aromatic amines is 1. The predicted molar refractivity (Wildman–Crippen MR) is 85.0 cm³/mol. The second-order valence-corrected chi connectivity index (χ2v) is 4.91. The Morgan fingerprint density at radius 2 is 2.14 bits per heavy atom. The van der Waals surface area contributed by atoms with Crippen LogP contribution >= 0.6 is 0 Å². The molecule has 2 heterocycles. The van der Waals surface area contributed by atoms with E-state index in [1.165, 1.54) is 0 Å². The van der Waals surface area contributed by atoms with Crippen LogP contribution in [-0.2, 0) is 4.79 Å². The van der Waals surface area contributed by atoms with Gasteiger partial charge in [0.05, 0.1) is 0 Å².